The van der Waals surface area contributed by atoms with Crippen LogP contribution in [0.25, 0.3) is 10.9 Å². The molecular formula is C12H13FN2O2. The SMILES string of the molecule is C[C@H](Cc1c[nH]c2ccc(F)cc12)NC(=O)O. The maximum Gasteiger partial charge on any atom is 0.404 e. The fourth-order valence-electron chi connectivity index (χ4n) is 1.91. The molecule has 0 spiro atoms. The molecular weight excluding hydrogens is 223 g/mol. The van der Waals surface area contributed by atoms with Crippen LogP contribution < -0.4 is 5.32 Å². The molecule has 4 nitrogen and oxygen atoms in total. The van der Waals surface area contributed by atoms with Crippen LogP contribution in [0.3, 0.4) is 0 Å². The smallest absolute Gasteiger partial charge is 0.404 e. The van der Waals surface area contributed by atoms with E-state index in [1.807, 2.05) is 0 Å². The Balaban J connectivity index is 2.24. The van der Waals surface area contributed by atoms with E-state index in [4.69, 9.17) is 5.11 Å². The van der Waals surface area contributed by atoms with Crippen LogP contribution in [0.4, 0.5) is 9.18 Å². The van der Waals surface area contributed by atoms with E-state index in [-0.39, 0.29) is 11.9 Å². The lowest BCUT2D eigenvalue weighted by atomic mass is 10.1. The van der Waals surface area contributed by atoms with Crippen molar-refractivity contribution in [1.82, 2.24) is 10.3 Å². The number of halogens is 1. The number of aromatic nitrogens is 1. The largest absolute Gasteiger partial charge is 0.465 e. The molecule has 0 radical (unpaired) electrons. The maximum atomic E-state index is 13.1. The molecule has 3 N–H and O–H groups in total. The number of amides is 1. The third-order valence-corrected chi connectivity index (χ3v) is 2.63. The minimum absolute atomic E-state index is 0.213. The van der Waals surface area contributed by atoms with E-state index < -0.39 is 6.09 Å². The summed E-state index contributed by atoms with van der Waals surface area (Å²) in [6.07, 6.45) is 1.25. The van der Waals surface area contributed by atoms with Gasteiger partial charge < -0.3 is 15.4 Å². The summed E-state index contributed by atoms with van der Waals surface area (Å²) in [7, 11) is 0. The van der Waals surface area contributed by atoms with E-state index >= 15 is 0 Å². The van der Waals surface area contributed by atoms with Gasteiger partial charge in [0.05, 0.1) is 0 Å². The topological polar surface area (TPSA) is 65.1 Å². The molecule has 2 aromatic rings. The van der Waals surface area contributed by atoms with Crippen molar-refractivity contribution in [3.63, 3.8) is 0 Å². The Labute approximate surface area is 97.5 Å². The lowest BCUT2D eigenvalue weighted by molar-refractivity contribution is 0.190. The molecule has 1 atom stereocenters. The van der Waals surface area contributed by atoms with Gasteiger partial charge in [-0.05, 0) is 37.1 Å². The van der Waals surface area contributed by atoms with Gasteiger partial charge >= 0.3 is 6.09 Å². The van der Waals surface area contributed by atoms with Crippen LogP contribution in [0.1, 0.15) is 12.5 Å². The first-order valence-electron chi connectivity index (χ1n) is 5.31. The highest BCUT2D eigenvalue weighted by atomic mass is 19.1. The minimum atomic E-state index is -1.05. The number of fused-ring (bicyclic) bond motifs is 1. The van der Waals surface area contributed by atoms with Crippen LogP contribution in [0, 0.1) is 5.82 Å². The van der Waals surface area contributed by atoms with Crippen molar-refractivity contribution >= 4 is 17.0 Å². The number of hydrogen-bond acceptors (Lipinski definition) is 1. The molecule has 0 aliphatic carbocycles. The van der Waals surface area contributed by atoms with Gasteiger partial charge in [0.15, 0.2) is 0 Å². The summed E-state index contributed by atoms with van der Waals surface area (Å²) in [5, 5.41) is 11.8. The molecule has 0 saturated heterocycles. The zero-order valence-corrected chi connectivity index (χ0v) is 9.33. The first-order chi connectivity index (χ1) is 8.06. The van der Waals surface area contributed by atoms with Crippen molar-refractivity contribution in [2.24, 2.45) is 0 Å². The Morgan fingerprint density at radius 3 is 3.06 bits per heavy atom. The summed E-state index contributed by atoms with van der Waals surface area (Å²) in [5.74, 6) is -0.294. The highest BCUT2D eigenvalue weighted by Crippen LogP contribution is 2.20. The second kappa shape index (κ2) is 4.45. The standard InChI is InChI=1S/C12H13FN2O2/c1-7(15-12(16)17)4-8-6-14-11-3-2-9(13)5-10(8)11/h2-3,5-7,14-15H,4H2,1H3,(H,16,17)/t7-/m1/s1. The number of carbonyl (C=O) groups is 1. The number of hydrogen-bond donors (Lipinski definition) is 3. The molecule has 17 heavy (non-hydrogen) atoms. The van der Waals surface area contributed by atoms with E-state index in [1.54, 1.807) is 19.2 Å². The van der Waals surface area contributed by atoms with E-state index in [9.17, 15) is 9.18 Å². The third-order valence-electron chi connectivity index (χ3n) is 2.63. The molecule has 0 fully saturated rings. The van der Waals surface area contributed by atoms with Crippen molar-refractivity contribution in [1.29, 1.82) is 0 Å². The van der Waals surface area contributed by atoms with Gasteiger partial charge in [0.1, 0.15) is 5.82 Å². The average Bonchev–Trinajstić information content (AvgIpc) is 2.60. The van der Waals surface area contributed by atoms with Crippen LogP contribution >= 0.6 is 0 Å². The summed E-state index contributed by atoms with van der Waals surface area (Å²) in [6.45, 7) is 1.77. The Hall–Kier alpha value is -2.04. The third kappa shape index (κ3) is 2.55. The number of rotatable bonds is 3. The first kappa shape index (κ1) is 11.4. The molecule has 5 heteroatoms. The van der Waals surface area contributed by atoms with Crippen LogP contribution in [0.5, 0.6) is 0 Å². The van der Waals surface area contributed by atoms with Gasteiger partial charge in [0, 0.05) is 23.1 Å². The van der Waals surface area contributed by atoms with Gasteiger partial charge in [-0.15, -0.1) is 0 Å². The highest BCUT2D eigenvalue weighted by molar-refractivity contribution is 5.83. The van der Waals surface area contributed by atoms with Gasteiger partial charge in [-0.1, -0.05) is 0 Å². The molecule has 1 amide bonds. The molecule has 0 bridgehead atoms. The van der Waals surface area contributed by atoms with Gasteiger partial charge in [0.25, 0.3) is 0 Å². The number of carboxylic acid groups (broad SMARTS) is 1. The summed E-state index contributed by atoms with van der Waals surface area (Å²) in [6, 6.07) is 4.30. The summed E-state index contributed by atoms with van der Waals surface area (Å²) in [4.78, 5) is 13.5. The number of aromatic amines is 1. The van der Waals surface area contributed by atoms with Crippen molar-refractivity contribution in [2.75, 3.05) is 0 Å². The highest BCUT2D eigenvalue weighted by Gasteiger charge is 2.10. The maximum absolute atomic E-state index is 13.1. The first-order valence-corrected chi connectivity index (χ1v) is 5.31. The summed E-state index contributed by atoms with van der Waals surface area (Å²) in [5.41, 5.74) is 1.75. The lowest BCUT2D eigenvalue weighted by Crippen LogP contribution is -2.32. The van der Waals surface area contributed by atoms with E-state index in [0.717, 1.165) is 16.5 Å². The van der Waals surface area contributed by atoms with Crippen LogP contribution in [-0.4, -0.2) is 22.2 Å². The molecule has 1 aromatic carbocycles. The van der Waals surface area contributed by atoms with Crippen LogP contribution in [0.2, 0.25) is 0 Å². The van der Waals surface area contributed by atoms with Crippen molar-refractivity contribution < 1.29 is 14.3 Å². The molecule has 0 aliphatic heterocycles. The molecule has 1 aromatic heterocycles. The van der Waals surface area contributed by atoms with Gasteiger partial charge in [-0.3, -0.25) is 0 Å². The monoisotopic (exact) mass is 236 g/mol. The Morgan fingerprint density at radius 1 is 1.59 bits per heavy atom. The predicted molar refractivity (Wildman–Crippen MR) is 62.6 cm³/mol. The number of benzene rings is 1. The van der Waals surface area contributed by atoms with Crippen LogP contribution in [0.15, 0.2) is 24.4 Å². The molecule has 2 rings (SSSR count). The molecule has 0 saturated carbocycles. The van der Waals surface area contributed by atoms with E-state index in [2.05, 4.69) is 10.3 Å². The van der Waals surface area contributed by atoms with Gasteiger partial charge in [-0.25, -0.2) is 9.18 Å². The fraction of sp³-hybridized carbons (Fsp3) is 0.250. The summed E-state index contributed by atoms with van der Waals surface area (Å²) >= 11 is 0. The zero-order chi connectivity index (χ0) is 12.4. The second-order valence-electron chi connectivity index (χ2n) is 4.06. The van der Waals surface area contributed by atoms with Crippen LogP contribution in [-0.2, 0) is 6.42 Å². The average molecular weight is 236 g/mol. The Morgan fingerprint density at radius 2 is 2.35 bits per heavy atom. The number of nitrogens with one attached hydrogen (secondary N) is 2. The van der Waals surface area contributed by atoms with Gasteiger partial charge in [-0.2, -0.15) is 0 Å². The lowest BCUT2D eigenvalue weighted by Gasteiger charge is -2.10. The zero-order valence-electron chi connectivity index (χ0n) is 9.33. The predicted octanol–water partition coefficient (Wildman–Crippen LogP) is 2.51. The molecule has 1 heterocycles. The van der Waals surface area contributed by atoms with Crippen molar-refractivity contribution in [3.8, 4) is 0 Å². The summed E-state index contributed by atoms with van der Waals surface area (Å²) < 4.78 is 13.1. The number of H-pyrrole nitrogens is 1. The van der Waals surface area contributed by atoms with E-state index in [0.29, 0.717) is 6.42 Å². The van der Waals surface area contributed by atoms with Gasteiger partial charge in [0.2, 0.25) is 0 Å². The molecule has 0 unspecified atom stereocenters. The Bertz CT molecular complexity index is 550. The van der Waals surface area contributed by atoms with E-state index in [1.165, 1.54) is 12.1 Å². The fourth-order valence-corrected chi connectivity index (χ4v) is 1.91. The molecule has 0 aliphatic rings. The Kier molecular flexibility index (Phi) is 2.99. The molecule has 90 valence electrons. The van der Waals surface area contributed by atoms with Crippen molar-refractivity contribution in [3.05, 3.63) is 35.8 Å². The quantitative estimate of drug-likeness (QED) is 0.766. The minimum Gasteiger partial charge on any atom is -0.465 e. The van der Waals surface area contributed by atoms with Crippen molar-refractivity contribution in [2.45, 2.75) is 19.4 Å². The second-order valence-corrected chi connectivity index (χ2v) is 4.06. The normalized spacial score (nSPS) is 12.6.